The molecule has 0 aliphatic heterocycles. The number of carbonyl (C=O) groups excluding carboxylic acids is 1. The Morgan fingerprint density at radius 2 is 1.96 bits per heavy atom. The van der Waals surface area contributed by atoms with Crippen LogP contribution >= 0.6 is 24.8 Å². The van der Waals surface area contributed by atoms with E-state index in [2.05, 4.69) is 10.2 Å². The van der Waals surface area contributed by atoms with Gasteiger partial charge in [-0.3, -0.25) is 4.79 Å². The highest BCUT2D eigenvalue weighted by atomic mass is 35.5. The third-order valence-electron chi connectivity index (χ3n) is 3.12. The predicted octanol–water partition coefficient (Wildman–Crippen LogP) is 1.83. The van der Waals surface area contributed by atoms with Gasteiger partial charge < -0.3 is 25.4 Å². The molecule has 0 aromatic heterocycles. The molecular formula is C16H29Cl2N3O3. The molecule has 0 atom stereocenters. The first-order valence-electron chi connectivity index (χ1n) is 7.48. The largest absolute Gasteiger partial charge is 0.493 e. The van der Waals surface area contributed by atoms with Gasteiger partial charge >= 0.3 is 0 Å². The summed E-state index contributed by atoms with van der Waals surface area (Å²) in [7, 11) is 5.60. The van der Waals surface area contributed by atoms with Crippen LogP contribution in [0.5, 0.6) is 11.5 Å². The van der Waals surface area contributed by atoms with Gasteiger partial charge in [-0.05, 0) is 44.8 Å². The number of hydrogen-bond donors (Lipinski definition) is 2. The molecular weight excluding hydrogens is 353 g/mol. The van der Waals surface area contributed by atoms with Gasteiger partial charge in [-0.2, -0.15) is 0 Å². The Morgan fingerprint density at radius 1 is 1.25 bits per heavy atom. The monoisotopic (exact) mass is 381 g/mol. The topological polar surface area (TPSA) is 76.8 Å². The van der Waals surface area contributed by atoms with Crippen LogP contribution in [0.4, 0.5) is 0 Å². The third-order valence-corrected chi connectivity index (χ3v) is 3.12. The number of likely N-dealkylation sites (N-methyl/N-ethyl adjacent to an activating group) is 1. The number of amides is 1. The second-order valence-corrected chi connectivity index (χ2v) is 5.31. The number of halogens is 2. The average molecular weight is 382 g/mol. The average Bonchev–Trinajstić information content (AvgIpc) is 2.51. The minimum Gasteiger partial charge on any atom is -0.493 e. The molecule has 0 aliphatic carbocycles. The Labute approximate surface area is 156 Å². The standard InChI is InChI=1S/C16H27N3O3.2ClH/c1-19(2)9-10-22-14-7-6-13(11-15(14)21-3)12-18-16(20)5-4-8-17;;/h6-7,11H,4-5,8-10,12,17H2,1-3H3,(H,18,20);2*1H. The molecule has 1 aromatic rings. The molecule has 0 radical (unpaired) electrons. The normalized spacial score (nSPS) is 9.71. The highest BCUT2D eigenvalue weighted by Crippen LogP contribution is 2.28. The van der Waals surface area contributed by atoms with Gasteiger partial charge in [-0.15, -0.1) is 24.8 Å². The summed E-state index contributed by atoms with van der Waals surface area (Å²) in [4.78, 5) is 13.6. The summed E-state index contributed by atoms with van der Waals surface area (Å²) in [5.41, 5.74) is 6.35. The first-order chi connectivity index (χ1) is 10.6. The summed E-state index contributed by atoms with van der Waals surface area (Å²) in [5.74, 6) is 1.39. The first kappa shape index (κ1) is 25.0. The van der Waals surface area contributed by atoms with E-state index < -0.39 is 0 Å². The summed E-state index contributed by atoms with van der Waals surface area (Å²) >= 11 is 0. The SMILES string of the molecule is COc1cc(CNC(=O)CCCN)ccc1OCCN(C)C.Cl.Cl. The Morgan fingerprint density at radius 3 is 2.54 bits per heavy atom. The lowest BCUT2D eigenvalue weighted by Crippen LogP contribution is -2.23. The van der Waals surface area contributed by atoms with E-state index >= 15 is 0 Å². The zero-order valence-corrected chi connectivity index (χ0v) is 16.2. The Balaban J connectivity index is 0. The second kappa shape index (κ2) is 14.2. The van der Waals surface area contributed by atoms with Gasteiger partial charge in [-0.1, -0.05) is 6.07 Å². The van der Waals surface area contributed by atoms with Crippen molar-refractivity contribution in [2.75, 3.05) is 40.9 Å². The van der Waals surface area contributed by atoms with E-state index in [0.717, 1.165) is 12.1 Å². The summed E-state index contributed by atoms with van der Waals surface area (Å²) in [6, 6.07) is 5.68. The fraction of sp³-hybridized carbons (Fsp3) is 0.562. The van der Waals surface area contributed by atoms with Crippen molar-refractivity contribution in [3.05, 3.63) is 23.8 Å². The predicted molar refractivity (Wildman–Crippen MR) is 102 cm³/mol. The lowest BCUT2D eigenvalue weighted by molar-refractivity contribution is -0.121. The van der Waals surface area contributed by atoms with Gasteiger partial charge in [-0.25, -0.2) is 0 Å². The minimum atomic E-state index is 0. The number of nitrogens with zero attached hydrogens (tertiary/aromatic N) is 1. The van der Waals surface area contributed by atoms with Crippen LogP contribution in [-0.2, 0) is 11.3 Å². The Bertz CT molecular complexity index is 474. The first-order valence-corrected chi connectivity index (χ1v) is 7.48. The number of methoxy groups -OCH3 is 1. The van der Waals surface area contributed by atoms with Crippen LogP contribution in [0.3, 0.4) is 0 Å². The van der Waals surface area contributed by atoms with Crippen molar-refractivity contribution in [2.24, 2.45) is 5.73 Å². The van der Waals surface area contributed by atoms with E-state index in [4.69, 9.17) is 15.2 Å². The van der Waals surface area contributed by atoms with Crippen molar-refractivity contribution in [2.45, 2.75) is 19.4 Å². The van der Waals surface area contributed by atoms with E-state index in [1.807, 2.05) is 32.3 Å². The summed E-state index contributed by atoms with van der Waals surface area (Å²) in [5, 5.41) is 2.87. The van der Waals surface area contributed by atoms with E-state index in [1.54, 1.807) is 7.11 Å². The quantitative estimate of drug-likeness (QED) is 0.646. The molecule has 1 amide bonds. The molecule has 0 unspecified atom stereocenters. The van der Waals surface area contributed by atoms with E-state index in [1.165, 1.54) is 0 Å². The van der Waals surface area contributed by atoms with Crippen molar-refractivity contribution in [1.82, 2.24) is 10.2 Å². The van der Waals surface area contributed by atoms with Gasteiger partial charge in [0.1, 0.15) is 6.61 Å². The van der Waals surface area contributed by atoms with Crippen LogP contribution < -0.4 is 20.5 Å². The molecule has 0 bridgehead atoms. The van der Waals surface area contributed by atoms with Gasteiger partial charge in [0, 0.05) is 19.5 Å². The summed E-state index contributed by atoms with van der Waals surface area (Å²) in [6.07, 6.45) is 1.16. The maximum Gasteiger partial charge on any atom is 0.220 e. The van der Waals surface area contributed by atoms with Crippen LogP contribution in [0.15, 0.2) is 18.2 Å². The van der Waals surface area contributed by atoms with Crippen LogP contribution in [0.25, 0.3) is 0 Å². The summed E-state index contributed by atoms with van der Waals surface area (Å²) < 4.78 is 11.1. The molecule has 0 heterocycles. The molecule has 140 valence electrons. The van der Waals surface area contributed by atoms with E-state index in [-0.39, 0.29) is 30.7 Å². The number of nitrogens with two attached hydrogens (primary N) is 1. The van der Waals surface area contributed by atoms with Gasteiger partial charge in [0.15, 0.2) is 11.5 Å². The fourth-order valence-electron chi connectivity index (χ4n) is 1.83. The molecule has 1 rings (SSSR count). The Hall–Kier alpha value is -1.21. The molecule has 0 fully saturated rings. The number of benzene rings is 1. The van der Waals surface area contributed by atoms with E-state index in [9.17, 15) is 4.79 Å². The van der Waals surface area contributed by atoms with Crippen molar-refractivity contribution in [3.63, 3.8) is 0 Å². The number of nitrogens with one attached hydrogen (secondary N) is 1. The highest BCUT2D eigenvalue weighted by Gasteiger charge is 2.07. The van der Waals surface area contributed by atoms with Crippen LogP contribution in [0, 0.1) is 0 Å². The van der Waals surface area contributed by atoms with Crippen LogP contribution in [0.2, 0.25) is 0 Å². The maximum absolute atomic E-state index is 11.6. The van der Waals surface area contributed by atoms with Crippen molar-refractivity contribution >= 4 is 30.7 Å². The van der Waals surface area contributed by atoms with Crippen LogP contribution in [-0.4, -0.2) is 51.7 Å². The second-order valence-electron chi connectivity index (χ2n) is 5.31. The third kappa shape index (κ3) is 9.82. The number of hydrogen-bond acceptors (Lipinski definition) is 5. The fourth-order valence-corrected chi connectivity index (χ4v) is 1.83. The highest BCUT2D eigenvalue weighted by molar-refractivity contribution is 5.85. The molecule has 24 heavy (non-hydrogen) atoms. The number of ether oxygens (including phenoxy) is 2. The van der Waals surface area contributed by atoms with Crippen LogP contribution in [0.1, 0.15) is 18.4 Å². The number of rotatable bonds is 10. The molecule has 1 aromatic carbocycles. The molecule has 0 saturated heterocycles. The smallest absolute Gasteiger partial charge is 0.220 e. The lowest BCUT2D eigenvalue weighted by atomic mass is 10.2. The zero-order valence-electron chi connectivity index (χ0n) is 14.5. The minimum absolute atomic E-state index is 0. The van der Waals surface area contributed by atoms with E-state index in [0.29, 0.717) is 44.0 Å². The lowest BCUT2D eigenvalue weighted by Gasteiger charge is -2.14. The molecule has 0 aliphatic rings. The zero-order chi connectivity index (χ0) is 16.4. The molecule has 6 nitrogen and oxygen atoms in total. The molecule has 3 N–H and O–H groups in total. The van der Waals surface area contributed by atoms with Crippen molar-refractivity contribution < 1.29 is 14.3 Å². The molecule has 8 heteroatoms. The van der Waals surface area contributed by atoms with Crippen molar-refractivity contribution in [3.8, 4) is 11.5 Å². The summed E-state index contributed by atoms with van der Waals surface area (Å²) in [6.45, 7) is 2.43. The van der Waals surface area contributed by atoms with Gasteiger partial charge in [0.05, 0.1) is 7.11 Å². The van der Waals surface area contributed by atoms with Gasteiger partial charge in [0.25, 0.3) is 0 Å². The number of carbonyl (C=O) groups is 1. The van der Waals surface area contributed by atoms with Gasteiger partial charge in [0.2, 0.25) is 5.91 Å². The Kier molecular flexibility index (Phi) is 14.8. The van der Waals surface area contributed by atoms with Crippen molar-refractivity contribution in [1.29, 1.82) is 0 Å². The maximum atomic E-state index is 11.6. The molecule has 0 saturated carbocycles. The molecule has 0 spiro atoms.